The molecule has 1 saturated heterocycles. The van der Waals surface area contributed by atoms with Crippen molar-refractivity contribution in [2.45, 2.75) is 57.8 Å². The molecule has 0 saturated carbocycles. The van der Waals surface area contributed by atoms with E-state index in [4.69, 9.17) is 22.1 Å². The predicted octanol–water partition coefficient (Wildman–Crippen LogP) is 3.74. The van der Waals surface area contributed by atoms with Crippen LogP contribution in [0.15, 0.2) is 18.2 Å². The van der Waals surface area contributed by atoms with Crippen molar-refractivity contribution in [2.75, 3.05) is 11.9 Å². The lowest BCUT2D eigenvalue weighted by Gasteiger charge is -2.40. The first-order valence-corrected chi connectivity index (χ1v) is 7.43. The molecule has 2 rings (SSSR count). The Morgan fingerprint density at radius 3 is 2.40 bits per heavy atom. The standard InChI is InChI=1S/C16H25ClN2O/c1-11-6-7-12(8-13(11)17)19-16(10-18)9-14(2,3)20-15(16,4)5/h6-8,19H,9-10,18H2,1-5H3. The van der Waals surface area contributed by atoms with Crippen LogP contribution in [0.3, 0.4) is 0 Å². The maximum atomic E-state index is 6.21. The van der Waals surface area contributed by atoms with Gasteiger partial charge in [-0.05, 0) is 52.3 Å². The van der Waals surface area contributed by atoms with E-state index in [0.29, 0.717) is 6.54 Å². The summed E-state index contributed by atoms with van der Waals surface area (Å²) in [5.74, 6) is 0. The van der Waals surface area contributed by atoms with Crippen LogP contribution in [-0.2, 0) is 4.74 Å². The van der Waals surface area contributed by atoms with Gasteiger partial charge in [0.2, 0.25) is 0 Å². The van der Waals surface area contributed by atoms with Gasteiger partial charge in [0.1, 0.15) is 0 Å². The second kappa shape index (κ2) is 4.90. The first kappa shape index (κ1) is 15.6. The number of benzene rings is 1. The minimum absolute atomic E-state index is 0.190. The number of anilines is 1. The highest BCUT2D eigenvalue weighted by Crippen LogP contribution is 2.46. The molecule has 0 aliphatic carbocycles. The summed E-state index contributed by atoms with van der Waals surface area (Å²) >= 11 is 6.21. The molecule has 0 bridgehead atoms. The van der Waals surface area contributed by atoms with Gasteiger partial charge in [-0.3, -0.25) is 0 Å². The molecule has 1 unspecified atom stereocenters. The SMILES string of the molecule is Cc1ccc(NC2(CN)CC(C)(C)OC2(C)C)cc1Cl. The second-order valence-electron chi connectivity index (χ2n) is 6.92. The first-order chi connectivity index (χ1) is 9.11. The van der Waals surface area contributed by atoms with Crippen LogP contribution >= 0.6 is 11.6 Å². The molecular weight excluding hydrogens is 272 g/mol. The summed E-state index contributed by atoms with van der Waals surface area (Å²) in [6.45, 7) is 10.9. The maximum Gasteiger partial charge on any atom is 0.0875 e. The van der Waals surface area contributed by atoms with Gasteiger partial charge in [-0.1, -0.05) is 17.7 Å². The van der Waals surface area contributed by atoms with Gasteiger partial charge in [-0.15, -0.1) is 0 Å². The molecule has 0 radical (unpaired) electrons. The lowest BCUT2D eigenvalue weighted by Crippen LogP contribution is -2.57. The molecule has 112 valence electrons. The normalized spacial score (nSPS) is 27.6. The Morgan fingerprint density at radius 2 is 1.95 bits per heavy atom. The Balaban J connectivity index is 2.35. The third-order valence-electron chi connectivity index (χ3n) is 4.32. The monoisotopic (exact) mass is 296 g/mol. The van der Waals surface area contributed by atoms with E-state index in [-0.39, 0.29) is 16.7 Å². The van der Waals surface area contributed by atoms with Gasteiger partial charge in [0.15, 0.2) is 0 Å². The van der Waals surface area contributed by atoms with Crippen LogP contribution in [0.25, 0.3) is 0 Å². The van der Waals surface area contributed by atoms with Gasteiger partial charge < -0.3 is 15.8 Å². The summed E-state index contributed by atoms with van der Waals surface area (Å²) in [5, 5.41) is 4.35. The summed E-state index contributed by atoms with van der Waals surface area (Å²) in [6.07, 6.45) is 0.856. The van der Waals surface area contributed by atoms with E-state index in [1.165, 1.54) is 0 Å². The lowest BCUT2D eigenvalue weighted by molar-refractivity contribution is -0.0753. The molecule has 1 aliphatic rings. The van der Waals surface area contributed by atoms with Crippen LogP contribution in [0.1, 0.15) is 39.7 Å². The summed E-state index contributed by atoms with van der Waals surface area (Å²) in [7, 11) is 0. The number of nitrogens with two attached hydrogens (primary N) is 1. The Kier molecular flexibility index (Phi) is 3.83. The zero-order valence-electron chi connectivity index (χ0n) is 13.0. The Hall–Kier alpha value is -0.770. The van der Waals surface area contributed by atoms with Crippen LogP contribution in [0, 0.1) is 6.92 Å². The third kappa shape index (κ3) is 2.67. The van der Waals surface area contributed by atoms with Gasteiger partial charge in [0, 0.05) is 23.7 Å². The fraction of sp³-hybridized carbons (Fsp3) is 0.625. The zero-order chi connectivity index (χ0) is 15.2. The van der Waals surface area contributed by atoms with Crippen molar-refractivity contribution in [1.29, 1.82) is 0 Å². The largest absolute Gasteiger partial charge is 0.375 e. The van der Waals surface area contributed by atoms with Crippen molar-refractivity contribution >= 4 is 17.3 Å². The molecule has 1 atom stereocenters. The topological polar surface area (TPSA) is 47.3 Å². The highest BCUT2D eigenvalue weighted by Gasteiger charge is 2.56. The number of rotatable bonds is 3. The molecule has 1 heterocycles. The van der Waals surface area contributed by atoms with Crippen LogP contribution in [0.5, 0.6) is 0 Å². The average Bonchev–Trinajstić information content (AvgIpc) is 2.49. The second-order valence-corrected chi connectivity index (χ2v) is 7.33. The predicted molar refractivity (Wildman–Crippen MR) is 85.5 cm³/mol. The van der Waals surface area contributed by atoms with Crippen LogP contribution in [-0.4, -0.2) is 23.3 Å². The smallest absolute Gasteiger partial charge is 0.0875 e. The molecule has 0 spiro atoms. The van der Waals surface area contributed by atoms with Crippen molar-refractivity contribution in [1.82, 2.24) is 0 Å². The molecule has 0 amide bonds. The maximum absolute atomic E-state index is 6.21. The Bertz CT molecular complexity index is 513. The molecule has 3 nitrogen and oxygen atoms in total. The molecular formula is C16H25ClN2O. The molecule has 1 fully saturated rings. The van der Waals surface area contributed by atoms with Crippen LogP contribution in [0.4, 0.5) is 5.69 Å². The van der Waals surface area contributed by atoms with Gasteiger partial charge in [0.25, 0.3) is 0 Å². The van der Waals surface area contributed by atoms with Crippen molar-refractivity contribution in [3.8, 4) is 0 Å². The number of aryl methyl sites for hydroxylation is 1. The van der Waals surface area contributed by atoms with Crippen molar-refractivity contribution in [3.63, 3.8) is 0 Å². The van der Waals surface area contributed by atoms with E-state index in [0.717, 1.165) is 22.7 Å². The minimum atomic E-state index is -0.345. The quantitative estimate of drug-likeness (QED) is 0.893. The zero-order valence-corrected chi connectivity index (χ0v) is 13.8. The molecule has 4 heteroatoms. The fourth-order valence-electron chi connectivity index (χ4n) is 3.27. The van der Waals surface area contributed by atoms with E-state index < -0.39 is 0 Å². The van der Waals surface area contributed by atoms with Gasteiger partial charge in [-0.25, -0.2) is 0 Å². The van der Waals surface area contributed by atoms with E-state index in [1.54, 1.807) is 0 Å². The van der Waals surface area contributed by atoms with Crippen molar-refractivity contribution < 1.29 is 4.74 Å². The number of hydrogen-bond acceptors (Lipinski definition) is 3. The van der Waals surface area contributed by atoms with E-state index >= 15 is 0 Å². The minimum Gasteiger partial charge on any atom is -0.375 e. The van der Waals surface area contributed by atoms with E-state index in [2.05, 4.69) is 33.0 Å². The third-order valence-corrected chi connectivity index (χ3v) is 4.72. The molecule has 20 heavy (non-hydrogen) atoms. The van der Waals surface area contributed by atoms with E-state index in [9.17, 15) is 0 Å². The average molecular weight is 297 g/mol. The van der Waals surface area contributed by atoms with Crippen molar-refractivity contribution in [2.24, 2.45) is 5.73 Å². The highest BCUT2D eigenvalue weighted by molar-refractivity contribution is 6.31. The van der Waals surface area contributed by atoms with Gasteiger partial charge in [0.05, 0.1) is 16.7 Å². The lowest BCUT2D eigenvalue weighted by atomic mass is 9.78. The summed E-state index contributed by atoms with van der Waals surface area (Å²) in [5.41, 5.74) is 7.33. The number of halogens is 1. The van der Waals surface area contributed by atoms with Gasteiger partial charge >= 0.3 is 0 Å². The molecule has 1 aromatic rings. The van der Waals surface area contributed by atoms with E-state index in [1.807, 2.05) is 25.1 Å². The number of nitrogens with one attached hydrogen (secondary N) is 1. The number of ether oxygens (including phenoxy) is 1. The Labute approximate surface area is 126 Å². The summed E-state index contributed by atoms with van der Waals surface area (Å²) in [6, 6.07) is 6.01. The Morgan fingerprint density at radius 1 is 1.30 bits per heavy atom. The molecule has 1 aliphatic heterocycles. The molecule has 1 aromatic carbocycles. The van der Waals surface area contributed by atoms with Crippen molar-refractivity contribution in [3.05, 3.63) is 28.8 Å². The molecule has 0 aromatic heterocycles. The summed E-state index contributed by atoms with van der Waals surface area (Å²) in [4.78, 5) is 0. The fourth-order valence-corrected chi connectivity index (χ4v) is 3.46. The first-order valence-electron chi connectivity index (χ1n) is 7.05. The molecule has 3 N–H and O–H groups in total. The summed E-state index contributed by atoms with van der Waals surface area (Å²) < 4.78 is 6.19. The van der Waals surface area contributed by atoms with Crippen LogP contribution in [0.2, 0.25) is 5.02 Å². The number of hydrogen-bond donors (Lipinski definition) is 2. The highest BCUT2D eigenvalue weighted by atomic mass is 35.5. The van der Waals surface area contributed by atoms with Crippen LogP contribution < -0.4 is 11.1 Å². The van der Waals surface area contributed by atoms with Gasteiger partial charge in [-0.2, -0.15) is 0 Å².